The lowest BCUT2D eigenvalue weighted by Crippen LogP contribution is -2.41. The maximum atomic E-state index is 12.2. The maximum Gasteiger partial charge on any atom is 0.191 e. The summed E-state index contributed by atoms with van der Waals surface area (Å²) in [5.74, 6) is 1.30. The number of benzene rings is 2. The van der Waals surface area contributed by atoms with E-state index in [1.54, 1.807) is 7.05 Å². The monoisotopic (exact) mass is 503 g/mol. The van der Waals surface area contributed by atoms with Crippen molar-refractivity contribution in [2.45, 2.75) is 22.0 Å². The Labute approximate surface area is 180 Å². The molecule has 26 heavy (non-hydrogen) atoms. The van der Waals surface area contributed by atoms with Gasteiger partial charge < -0.3 is 10.6 Å². The van der Waals surface area contributed by atoms with Gasteiger partial charge in [0.25, 0.3) is 0 Å². The summed E-state index contributed by atoms with van der Waals surface area (Å²) in [6.45, 7) is 3.60. The number of hydrogen-bond donors (Lipinski definition) is 2. The van der Waals surface area contributed by atoms with Crippen LogP contribution >= 0.6 is 35.7 Å². The smallest absolute Gasteiger partial charge is 0.191 e. The number of nitrogens with zero attached hydrogens (tertiary/aromatic N) is 1. The Morgan fingerprint density at radius 1 is 1.08 bits per heavy atom. The highest BCUT2D eigenvalue weighted by Gasteiger charge is 2.07. The minimum absolute atomic E-state index is 0. The number of rotatable bonds is 8. The summed E-state index contributed by atoms with van der Waals surface area (Å²) in [7, 11) is 0.758. The fourth-order valence-electron chi connectivity index (χ4n) is 2.19. The van der Waals surface area contributed by atoms with E-state index < -0.39 is 10.8 Å². The van der Waals surface area contributed by atoms with Crippen molar-refractivity contribution >= 4 is 52.5 Å². The molecule has 142 valence electrons. The zero-order valence-electron chi connectivity index (χ0n) is 15.1. The van der Waals surface area contributed by atoms with Crippen LogP contribution in [0.15, 0.2) is 75.4 Å². The van der Waals surface area contributed by atoms with E-state index in [0.717, 1.165) is 17.4 Å². The Kier molecular flexibility index (Phi) is 11.6. The normalized spacial score (nSPS) is 13.4. The van der Waals surface area contributed by atoms with Crippen molar-refractivity contribution in [2.75, 3.05) is 25.9 Å². The Morgan fingerprint density at radius 2 is 1.69 bits per heavy atom. The Morgan fingerprint density at radius 3 is 2.31 bits per heavy atom. The zero-order valence-corrected chi connectivity index (χ0v) is 19.0. The molecule has 2 rings (SSSR count). The van der Waals surface area contributed by atoms with Crippen LogP contribution < -0.4 is 10.6 Å². The summed E-state index contributed by atoms with van der Waals surface area (Å²) < 4.78 is 12.2. The molecule has 0 aliphatic rings. The van der Waals surface area contributed by atoms with Gasteiger partial charge in [0.2, 0.25) is 0 Å². The molecule has 0 fully saturated rings. The number of aliphatic imine (C=N–C) groups is 1. The van der Waals surface area contributed by atoms with Gasteiger partial charge in [0.1, 0.15) is 0 Å². The third-order valence-electron chi connectivity index (χ3n) is 3.45. The molecule has 0 bridgehead atoms. The van der Waals surface area contributed by atoms with Crippen LogP contribution in [0.25, 0.3) is 0 Å². The lowest BCUT2D eigenvalue weighted by atomic mass is 10.4. The molecule has 0 saturated carbocycles. The highest BCUT2D eigenvalue weighted by Crippen LogP contribution is 2.21. The van der Waals surface area contributed by atoms with Crippen LogP contribution in [0.1, 0.15) is 6.92 Å². The molecule has 2 aromatic carbocycles. The van der Waals surface area contributed by atoms with Crippen molar-refractivity contribution in [3.05, 3.63) is 60.7 Å². The third kappa shape index (κ3) is 8.55. The van der Waals surface area contributed by atoms with Crippen molar-refractivity contribution in [1.82, 2.24) is 10.6 Å². The summed E-state index contributed by atoms with van der Waals surface area (Å²) in [6.07, 6.45) is 0. The molecule has 0 radical (unpaired) electrons. The first-order valence-electron chi connectivity index (χ1n) is 8.28. The molecular formula is C19H26IN3OS2. The highest BCUT2D eigenvalue weighted by atomic mass is 127. The second kappa shape index (κ2) is 13.2. The van der Waals surface area contributed by atoms with Crippen LogP contribution in [0.3, 0.4) is 0 Å². The van der Waals surface area contributed by atoms with Crippen LogP contribution in [-0.4, -0.2) is 41.3 Å². The summed E-state index contributed by atoms with van der Waals surface area (Å²) in [4.78, 5) is 6.35. The molecule has 4 nitrogen and oxygen atoms in total. The van der Waals surface area contributed by atoms with Gasteiger partial charge >= 0.3 is 0 Å². The Hall–Kier alpha value is -1.06. The van der Waals surface area contributed by atoms with E-state index in [1.807, 2.05) is 48.2 Å². The van der Waals surface area contributed by atoms with Crippen LogP contribution in [0.5, 0.6) is 0 Å². The maximum absolute atomic E-state index is 12.2. The number of guanidine groups is 1. The summed E-state index contributed by atoms with van der Waals surface area (Å²) >= 11 is 1.83. The first-order chi connectivity index (χ1) is 12.2. The van der Waals surface area contributed by atoms with Gasteiger partial charge in [0.15, 0.2) is 5.96 Å². The predicted molar refractivity (Wildman–Crippen MR) is 124 cm³/mol. The first-order valence-corrected chi connectivity index (χ1v) is 10.5. The molecular weight excluding hydrogens is 477 g/mol. The lowest BCUT2D eigenvalue weighted by molar-refractivity contribution is 0.681. The van der Waals surface area contributed by atoms with Gasteiger partial charge in [0, 0.05) is 40.9 Å². The van der Waals surface area contributed by atoms with E-state index in [2.05, 4.69) is 46.8 Å². The van der Waals surface area contributed by atoms with Crippen LogP contribution in [0, 0.1) is 0 Å². The predicted octanol–water partition coefficient (Wildman–Crippen LogP) is 3.76. The first kappa shape index (κ1) is 23.0. The number of thioether (sulfide) groups is 1. The second-order valence-corrected chi connectivity index (χ2v) is 8.57. The molecule has 0 saturated heterocycles. The van der Waals surface area contributed by atoms with Crippen LogP contribution in [0.2, 0.25) is 0 Å². The third-order valence-corrected chi connectivity index (χ3v) is 5.93. The molecule has 0 aliphatic heterocycles. The number of nitrogens with one attached hydrogen (secondary N) is 2. The lowest BCUT2D eigenvalue weighted by Gasteiger charge is -2.16. The average molecular weight is 503 g/mol. The van der Waals surface area contributed by atoms with E-state index in [1.165, 1.54) is 4.90 Å². The molecule has 2 atom stereocenters. The standard InChI is InChI=1S/C19H25N3OS2.HI/c1-16(24-17-9-5-3-6-10-17)15-22-19(20-2)21-13-14-25(23)18-11-7-4-8-12-18;/h3-12,16H,13-15H2,1-2H3,(H2,20,21,22);1H. The van der Waals surface area contributed by atoms with E-state index in [9.17, 15) is 4.21 Å². The highest BCUT2D eigenvalue weighted by molar-refractivity contribution is 14.0. The quantitative estimate of drug-likeness (QED) is 0.249. The van der Waals surface area contributed by atoms with Crippen LogP contribution in [-0.2, 0) is 10.8 Å². The summed E-state index contributed by atoms with van der Waals surface area (Å²) in [5.41, 5.74) is 0. The molecule has 2 N–H and O–H groups in total. The molecule has 0 amide bonds. The van der Waals surface area contributed by atoms with E-state index in [4.69, 9.17) is 0 Å². The summed E-state index contributed by atoms with van der Waals surface area (Å²) in [6, 6.07) is 19.9. The van der Waals surface area contributed by atoms with Gasteiger partial charge in [-0.2, -0.15) is 0 Å². The second-order valence-electron chi connectivity index (χ2n) is 5.48. The molecule has 0 aromatic heterocycles. The van der Waals surface area contributed by atoms with Crippen LogP contribution in [0.4, 0.5) is 0 Å². The SMILES string of the molecule is CN=C(NCCS(=O)c1ccccc1)NCC(C)Sc1ccccc1.I. The fourth-order valence-corrected chi connectivity index (χ4v) is 4.12. The van der Waals surface area contributed by atoms with Gasteiger partial charge in [-0.1, -0.05) is 43.3 Å². The molecule has 0 heterocycles. The zero-order chi connectivity index (χ0) is 17.9. The number of halogens is 1. The minimum Gasteiger partial charge on any atom is -0.355 e. The van der Waals surface area contributed by atoms with Crippen molar-refractivity contribution in [1.29, 1.82) is 0 Å². The molecule has 0 aliphatic carbocycles. The molecule has 7 heteroatoms. The fraction of sp³-hybridized carbons (Fsp3) is 0.316. The van der Waals surface area contributed by atoms with E-state index in [0.29, 0.717) is 17.5 Å². The van der Waals surface area contributed by atoms with E-state index in [-0.39, 0.29) is 24.0 Å². The van der Waals surface area contributed by atoms with Crippen molar-refractivity contribution in [2.24, 2.45) is 4.99 Å². The summed E-state index contributed by atoms with van der Waals surface area (Å²) in [5, 5.41) is 6.96. The Balaban J connectivity index is 0.00000338. The van der Waals surface area contributed by atoms with Gasteiger partial charge in [-0.25, -0.2) is 0 Å². The average Bonchev–Trinajstić information content (AvgIpc) is 2.66. The Bertz CT molecular complexity index is 684. The van der Waals surface area contributed by atoms with Gasteiger partial charge in [-0.3, -0.25) is 9.20 Å². The molecule has 0 spiro atoms. The largest absolute Gasteiger partial charge is 0.355 e. The number of hydrogen-bond acceptors (Lipinski definition) is 3. The molecule has 2 unspecified atom stereocenters. The topological polar surface area (TPSA) is 53.5 Å². The molecule has 2 aromatic rings. The van der Waals surface area contributed by atoms with E-state index >= 15 is 0 Å². The van der Waals surface area contributed by atoms with Gasteiger partial charge in [0.05, 0.1) is 10.8 Å². The van der Waals surface area contributed by atoms with Gasteiger partial charge in [-0.05, 0) is 24.3 Å². The van der Waals surface area contributed by atoms with Crippen molar-refractivity contribution in [3.8, 4) is 0 Å². The van der Waals surface area contributed by atoms with Crippen molar-refractivity contribution in [3.63, 3.8) is 0 Å². The van der Waals surface area contributed by atoms with Crippen molar-refractivity contribution < 1.29 is 4.21 Å². The van der Waals surface area contributed by atoms with Gasteiger partial charge in [-0.15, -0.1) is 35.7 Å². The minimum atomic E-state index is -0.990.